The van der Waals surface area contributed by atoms with Crippen LogP contribution < -0.4 is 15.6 Å². The van der Waals surface area contributed by atoms with Gasteiger partial charge in [0.15, 0.2) is 0 Å². The molecule has 2 atom stereocenters. The fourth-order valence-corrected chi connectivity index (χ4v) is 3.38. The van der Waals surface area contributed by atoms with Gasteiger partial charge in [0.25, 0.3) is 5.56 Å². The van der Waals surface area contributed by atoms with Crippen molar-refractivity contribution in [2.75, 3.05) is 18.5 Å². The maximum atomic E-state index is 12.3. The summed E-state index contributed by atoms with van der Waals surface area (Å²) >= 11 is 1.60. The van der Waals surface area contributed by atoms with Crippen LogP contribution in [0.3, 0.4) is 0 Å². The van der Waals surface area contributed by atoms with Crippen molar-refractivity contribution in [3.8, 4) is 5.88 Å². The van der Waals surface area contributed by atoms with E-state index < -0.39 is 0 Å². The largest absolute Gasteiger partial charge is 0.476 e. The topological polar surface area (TPSA) is 81.9 Å². The van der Waals surface area contributed by atoms with Gasteiger partial charge in [-0.2, -0.15) is 0 Å². The number of ether oxygens (including phenoxy) is 1. The molecule has 3 aromatic heterocycles. The van der Waals surface area contributed by atoms with E-state index >= 15 is 0 Å². The van der Waals surface area contributed by atoms with Crippen LogP contribution in [0.5, 0.6) is 5.88 Å². The highest BCUT2D eigenvalue weighted by atomic mass is 32.1. The van der Waals surface area contributed by atoms with Gasteiger partial charge in [-0.3, -0.25) is 9.78 Å². The Balaban J connectivity index is 1.60. The summed E-state index contributed by atoms with van der Waals surface area (Å²) in [6.45, 7) is 5.37. The summed E-state index contributed by atoms with van der Waals surface area (Å²) in [5.74, 6) is 0.929. The molecule has 0 aliphatic heterocycles. The first-order valence-electron chi connectivity index (χ1n) is 9.29. The molecule has 0 aliphatic carbocycles. The Hall–Kier alpha value is -2.74. The van der Waals surface area contributed by atoms with E-state index in [2.05, 4.69) is 34.2 Å². The van der Waals surface area contributed by atoms with E-state index in [0.29, 0.717) is 24.7 Å². The van der Waals surface area contributed by atoms with Crippen molar-refractivity contribution < 1.29 is 4.74 Å². The monoisotopic (exact) mass is 399 g/mol. The van der Waals surface area contributed by atoms with Crippen LogP contribution in [0.4, 0.5) is 5.69 Å². The van der Waals surface area contributed by atoms with Crippen molar-refractivity contribution in [2.24, 2.45) is 13.0 Å². The SMILES string of the molecule is CC(COc1cc(NCCc2nccs2)c(=O)n(C)n1)[C@H](C)c1ccccn1. The summed E-state index contributed by atoms with van der Waals surface area (Å²) in [6, 6.07) is 7.60. The number of aromatic nitrogens is 4. The van der Waals surface area contributed by atoms with Gasteiger partial charge in [0.05, 0.1) is 11.6 Å². The van der Waals surface area contributed by atoms with Crippen molar-refractivity contribution in [1.82, 2.24) is 19.7 Å². The summed E-state index contributed by atoms with van der Waals surface area (Å²) in [5, 5.41) is 10.4. The van der Waals surface area contributed by atoms with Gasteiger partial charge in [0.2, 0.25) is 5.88 Å². The number of rotatable bonds is 9. The molecule has 0 spiro atoms. The number of nitrogens with one attached hydrogen (secondary N) is 1. The van der Waals surface area contributed by atoms with Gasteiger partial charge in [0, 0.05) is 55.5 Å². The molecule has 28 heavy (non-hydrogen) atoms. The quantitative estimate of drug-likeness (QED) is 0.595. The lowest BCUT2D eigenvalue weighted by Crippen LogP contribution is -2.25. The minimum absolute atomic E-state index is 0.179. The Bertz CT molecular complexity index is 928. The van der Waals surface area contributed by atoms with Gasteiger partial charge in [-0.15, -0.1) is 16.4 Å². The molecule has 148 valence electrons. The lowest BCUT2D eigenvalue weighted by atomic mass is 9.93. The Morgan fingerprint density at radius 1 is 1.25 bits per heavy atom. The first-order valence-corrected chi connectivity index (χ1v) is 10.2. The second-order valence-corrected chi connectivity index (χ2v) is 7.74. The predicted molar refractivity (Wildman–Crippen MR) is 111 cm³/mol. The van der Waals surface area contributed by atoms with Crippen LogP contribution in [0.2, 0.25) is 0 Å². The first-order chi connectivity index (χ1) is 13.5. The third kappa shape index (κ3) is 5.16. The molecule has 3 heterocycles. The van der Waals surface area contributed by atoms with Crippen molar-refractivity contribution in [1.29, 1.82) is 0 Å². The molecule has 0 saturated carbocycles. The van der Waals surface area contributed by atoms with Crippen LogP contribution in [0, 0.1) is 5.92 Å². The van der Waals surface area contributed by atoms with Crippen LogP contribution in [0.25, 0.3) is 0 Å². The summed E-state index contributed by atoms with van der Waals surface area (Å²) in [7, 11) is 1.63. The molecule has 0 fully saturated rings. The molecule has 0 aromatic carbocycles. The lowest BCUT2D eigenvalue weighted by molar-refractivity contribution is 0.228. The van der Waals surface area contributed by atoms with E-state index in [1.807, 2.05) is 23.6 Å². The zero-order valence-corrected chi connectivity index (χ0v) is 17.1. The molecule has 0 aliphatic rings. The van der Waals surface area contributed by atoms with Crippen LogP contribution in [-0.2, 0) is 13.5 Å². The highest BCUT2D eigenvalue weighted by molar-refractivity contribution is 7.09. The molecule has 0 bridgehead atoms. The van der Waals surface area contributed by atoms with Crippen molar-refractivity contribution >= 4 is 17.0 Å². The lowest BCUT2D eigenvalue weighted by Gasteiger charge is -2.20. The second-order valence-electron chi connectivity index (χ2n) is 6.76. The van der Waals surface area contributed by atoms with Crippen molar-refractivity contribution in [3.63, 3.8) is 0 Å². The van der Waals surface area contributed by atoms with Crippen LogP contribution >= 0.6 is 11.3 Å². The molecule has 1 N–H and O–H groups in total. The summed E-state index contributed by atoms with van der Waals surface area (Å²) in [5.41, 5.74) is 1.34. The fourth-order valence-electron chi connectivity index (χ4n) is 2.76. The molecule has 7 nitrogen and oxygen atoms in total. The fraction of sp³-hybridized carbons (Fsp3) is 0.400. The van der Waals surface area contributed by atoms with E-state index in [1.165, 1.54) is 4.68 Å². The number of thiazole rings is 1. The Morgan fingerprint density at radius 3 is 2.82 bits per heavy atom. The van der Waals surface area contributed by atoms with Crippen LogP contribution in [-0.4, -0.2) is 32.9 Å². The van der Waals surface area contributed by atoms with Crippen LogP contribution in [0.1, 0.15) is 30.5 Å². The van der Waals surface area contributed by atoms with E-state index in [0.717, 1.165) is 17.1 Å². The molecule has 0 saturated heterocycles. The van der Waals surface area contributed by atoms with Crippen LogP contribution in [0.15, 0.2) is 46.8 Å². The minimum atomic E-state index is -0.179. The van der Waals surface area contributed by atoms with E-state index in [1.54, 1.807) is 36.8 Å². The van der Waals surface area contributed by atoms with Gasteiger partial charge in [0.1, 0.15) is 5.69 Å². The number of aryl methyl sites for hydroxylation is 1. The van der Waals surface area contributed by atoms with E-state index in [4.69, 9.17) is 4.74 Å². The maximum absolute atomic E-state index is 12.3. The third-order valence-corrected chi connectivity index (χ3v) is 5.52. The number of pyridine rings is 1. The Morgan fingerprint density at radius 2 is 2.11 bits per heavy atom. The molecule has 0 radical (unpaired) electrons. The van der Waals surface area contributed by atoms with Gasteiger partial charge in [-0.05, 0) is 18.1 Å². The standard InChI is InChI=1S/C20H25N5O2S/c1-14(15(2)16-6-4-5-8-21-16)13-27-18-12-17(20(26)25(3)24-18)22-9-7-19-23-10-11-28-19/h4-6,8,10-12,14-15,22H,7,9,13H2,1-3H3/t14?,15-/m0/s1. The van der Waals surface area contributed by atoms with Gasteiger partial charge >= 0.3 is 0 Å². The number of hydrogen-bond donors (Lipinski definition) is 1. The average molecular weight is 400 g/mol. The molecule has 8 heteroatoms. The highest BCUT2D eigenvalue weighted by Gasteiger charge is 2.17. The molecular formula is C20H25N5O2S. The Kier molecular flexibility index (Phi) is 6.76. The predicted octanol–water partition coefficient (Wildman–Crippen LogP) is 3.11. The van der Waals surface area contributed by atoms with Crippen molar-refractivity contribution in [3.05, 3.63) is 63.1 Å². The van der Waals surface area contributed by atoms with E-state index in [9.17, 15) is 4.79 Å². The van der Waals surface area contributed by atoms with Gasteiger partial charge in [-0.25, -0.2) is 9.67 Å². The zero-order chi connectivity index (χ0) is 19.9. The summed E-state index contributed by atoms with van der Waals surface area (Å²) < 4.78 is 7.19. The minimum Gasteiger partial charge on any atom is -0.476 e. The molecule has 0 amide bonds. The normalized spacial score (nSPS) is 13.1. The van der Waals surface area contributed by atoms with E-state index in [-0.39, 0.29) is 17.4 Å². The molecular weight excluding hydrogens is 374 g/mol. The number of nitrogens with zero attached hydrogens (tertiary/aromatic N) is 4. The summed E-state index contributed by atoms with van der Waals surface area (Å²) in [4.78, 5) is 21.0. The van der Waals surface area contributed by atoms with Gasteiger partial charge < -0.3 is 10.1 Å². The molecule has 1 unspecified atom stereocenters. The smallest absolute Gasteiger partial charge is 0.290 e. The molecule has 3 aromatic rings. The number of hydrogen-bond acceptors (Lipinski definition) is 7. The third-order valence-electron chi connectivity index (χ3n) is 4.68. The zero-order valence-electron chi connectivity index (χ0n) is 16.3. The highest BCUT2D eigenvalue weighted by Crippen LogP contribution is 2.23. The van der Waals surface area contributed by atoms with Gasteiger partial charge in [-0.1, -0.05) is 19.9 Å². The number of anilines is 1. The average Bonchev–Trinajstić information content (AvgIpc) is 3.23. The second kappa shape index (κ2) is 9.45. The first kappa shape index (κ1) is 20.0. The molecule has 3 rings (SSSR count). The van der Waals surface area contributed by atoms with Crippen molar-refractivity contribution in [2.45, 2.75) is 26.2 Å². The summed E-state index contributed by atoms with van der Waals surface area (Å²) in [6.07, 6.45) is 4.35. The Labute approximate surface area is 168 Å². The maximum Gasteiger partial charge on any atom is 0.290 e.